The van der Waals surface area contributed by atoms with E-state index in [4.69, 9.17) is 4.74 Å². The molecule has 0 spiro atoms. The number of thioether (sulfide) groups is 1. The van der Waals surface area contributed by atoms with Crippen molar-refractivity contribution in [2.24, 2.45) is 5.92 Å². The smallest absolute Gasteiger partial charge is 0.232 e. The van der Waals surface area contributed by atoms with Crippen LogP contribution in [-0.2, 0) is 14.3 Å². The molecular weight excluding hydrogens is 372 g/mol. The Morgan fingerprint density at radius 2 is 1.79 bits per heavy atom. The van der Waals surface area contributed by atoms with Crippen molar-refractivity contribution in [1.82, 2.24) is 9.80 Å². The van der Waals surface area contributed by atoms with Crippen LogP contribution in [0, 0.1) is 5.92 Å². The molecule has 1 unspecified atom stereocenters. The Balaban J connectivity index is 1.32. The summed E-state index contributed by atoms with van der Waals surface area (Å²) in [5.41, 5.74) is 0. The summed E-state index contributed by atoms with van der Waals surface area (Å²) in [5.74, 6) is 0.652. The van der Waals surface area contributed by atoms with E-state index in [1.165, 1.54) is 10.8 Å². The highest BCUT2D eigenvalue weighted by Crippen LogP contribution is 2.25. The van der Waals surface area contributed by atoms with Crippen LogP contribution in [0.25, 0.3) is 10.8 Å². The summed E-state index contributed by atoms with van der Waals surface area (Å²) < 4.78 is 5.34. The van der Waals surface area contributed by atoms with Gasteiger partial charge in [0.25, 0.3) is 0 Å². The van der Waals surface area contributed by atoms with Crippen molar-refractivity contribution in [3.05, 3.63) is 42.5 Å². The van der Waals surface area contributed by atoms with Gasteiger partial charge in [-0.15, -0.1) is 11.8 Å². The van der Waals surface area contributed by atoms with E-state index in [9.17, 15) is 9.59 Å². The van der Waals surface area contributed by atoms with Crippen molar-refractivity contribution >= 4 is 34.3 Å². The van der Waals surface area contributed by atoms with Crippen molar-refractivity contribution in [2.45, 2.75) is 17.7 Å². The highest BCUT2D eigenvalue weighted by atomic mass is 32.2. The third-order valence-corrected chi connectivity index (χ3v) is 6.51. The summed E-state index contributed by atoms with van der Waals surface area (Å²) in [6.07, 6.45) is 1.77. The van der Waals surface area contributed by atoms with E-state index in [2.05, 4.69) is 30.3 Å². The largest absolute Gasteiger partial charge is 0.378 e. The fraction of sp³-hybridized carbons (Fsp3) is 0.455. The first kappa shape index (κ1) is 19.3. The summed E-state index contributed by atoms with van der Waals surface area (Å²) in [4.78, 5) is 30.4. The van der Waals surface area contributed by atoms with Crippen molar-refractivity contribution < 1.29 is 14.3 Å². The summed E-state index contributed by atoms with van der Waals surface area (Å²) in [6, 6.07) is 14.5. The highest BCUT2D eigenvalue weighted by Gasteiger charge is 2.31. The molecule has 2 aromatic carbocycles. The molecule has 5 nitrogen and oxygen atoms in total. The molecule has 2 aliphatic heterocycles. The van der Waals surface area contributed by atoms with Gasteiger partial charge in [0.1, 0.15) is 0 Å². The first-order valence-corrected chi connectivity index (χ1v) is 11.0. The zero-order valence-electron chi connectivity index (χ0n) is 16.0. The van der Waals surface area contributed by atoms with E-state index in [1.54, 1.807) is 11.8 Å². The minimum atomic E-state index is -0.0681. The second kappa shape index (κ2) is 8.97. The number of amides is 2. The number of carbonyl (C=O) groups excluding carboxylic acids is 2. The lowest BCUT2D eigenvalue weighted by Crippen LogP contribution is -2.49. The number of carbonyl (C=O) groups is 2. The quantitative estimate of drug-likeness (QED) is 0.743. The number of hydrogen-bond acceptors (Lipinski definition) is 4. The molecule has 2 saturated heterocycles. The van der Waals surface area contributed by atoms with E-state index < -0.39 is 0 Å². The van der Waals surface area contributed by atoms with Crippen molar-refractivity contribution in [1.29, 1.82) is 0 Å². The summed E-state index contributed by atoms with van der Waals surface area (Å²) in [5, 5.41) is 2.40. The van der Waals surface area contributed by atoms with Crippen LogP contribution < -0.4 is 0 Å². The molecule has 0 aliphatic carbocycles. The van der Waals surface area contributed by atoms with Crippen LogP contribution in [-0.4, -0.2) is 66.8 Å². The van der Waals surface area contributed by atoms with Gasteiger partial charge in [0.05, 0.1) is 24.9 Å². The van der Waals surface area contributed by atoms with Crippen LogP contribution in [0.1, 0.15) is 12.8 Å². The van der Waals surface area contributed by atoms with Gasteiger partial charge in [0.2, 0.25) is 11.8 Å². The van der Waals surface area contributed by atoms with Crippen LogP contribution in [0.3, 0.4) is 0 Å². The number of nitrogens with zero attached hydrogens (tertiary/aromatic N) is 2. The van der Waals surface area contributed by atoms with Gasteiger partial charge in [-0.1, -0.05) is 30.3 Å². The Kier molecular flexibility index (Phi) is 6.17. The predicted octanol–water partition coefficient (Wildman–Crippen LogP) is 3.03. The van der Waals surface area contributed by atoms with E-state index in [0.29, 0.717) is 38.6 Å². The van der Waals surface area contributed by atoms with Gasteiger partial charge in [-0.3, -0.25) is 9.59 Å². The average molecular weight is 399 g/mol. The third kappa shape index (κ3) is 4.50. The predicted molar refractivity (Wildman–Crippen MR) is 111 cm³/mol. The number of likely N-dealkylation sites (tertiary alicyclic amines) is 1. The van der Waals surface area contributed by atoms with Gasteiger partial charge in [0, 0.05) is 31.1 Å². The van der Waals surface area contributed by atoms with E-state index in [1.807, 2.05) is 21.9 Å². The molecule has 2 aliphatic rings. The van der Waals surface area contributed by atoms with E-state index >= 15 is 0 Å². The number of ether oxygens (including phenoxy) is 1. The third-order valence-electron chi connectivity index (χ3n) is 5.53. The highest BCUT2D eigenvalue weighted by molar-refractivity contribution is 8.00. The van der Waals surface area contributed by atoms with Gasteiger partial charge in [0.15, 0.2) is 0 Å². The maximum Gasteiger partial charge on any atom is 0.232 e. The average Bonchev–Trinajstić information content (AvgIpc) is 2.77. The maximum atomic E-state index is 12.8. The molecule has 6 heteroatoms. The van der Waals surface area contributed by atoms with Gasteiger partial charge in [-0.05, 0) is 35.7 Å². The second-order valence-corrected chi connectivity index (χ2v) is 8.46. The van der Waals surface area contributed by atoms with Gasteiger partial charge >= 0.3 is 0 Å². The van der Waals surface area contributed by atoms with Gasteiger partial charge < -0.3 is 14.5 Å². The fourth-order valence-corrected chi connectivity index (χ4v) is 4.79. The molecule has 0 N–H and O–H groups in total. The molecular formula is C22H26N2O3S. The fourth-order valence-electron chi connectivity index (χ4n) is 3.94. The molecule has 0 saturated carbocycles. The van der Waals surface area contributed by atoms with E-state index in [0.717, 1.165) is 24.3 Å². The number of rotatable bonds is 4. The van der Waals surface area contributed by atoms with E-state index in [-0.39, 0.29) is 17.7 Å². The zero-order chi connectivity index (χ0) is 19.3. The molecule has 4 rings (SSSR count). The topological polar surface area (TPSA) is 49.9 Å². The second-order valence-electron chi connectivity index (χ2n) is 7.41. The van der Waals surface area contributed by atoms with Crippen LogP contribution in [0.4, 0.5) is 0 Å². The van der Waals surface area contributed by atoms with Crippen molar-refractivity contribution in [2.75, 3.05) is 45.1 Å². The Hall–Kier alpha value is -2.05. The Morgan fingerprint density at radius 1 is 1.00 bits per heavy atom. The molecule has 2 aromatic rings. The summed E-state index contributed by atoms with van der Waals surface area (Å²) >= 11 is 1.57. The van der Waals surface area contributed by atoms with Crippen LogP contribution in [0.15, 0.2) is 47.4 Å². The minimum absolute atomic E-state index is 0.0681. The normalized spacial score (nSPS) is 20.4. The zero-order valence-corrected chi connectivity index (χ0v) is 16.8. The number of benzene rings is 2. The first-order valence-electron chi connectivity index (χ1n) is 9.96. The van der Waals surface area contributed by atoms with Crippen molar-refractivity contribution in [3.63, 3.8) is 0 Å². The number of morpholine rings is 1. The standard InChI is InChI=1S/C22H26N2O3S/c25-21(16-28-20-8-7-17-4-1-2-5-18(17)14-20)24-9-3-6-19(15-24)22(26)23-10-12-27-13-11-23/h1-2,4-5,7-8,14,19H,3,6,9-13,15-16H2. The Morgan fingerprint density at radius 3 is 2.61 bits per heavy atom. The summed E-state index contributed by atoms with van der Waals surface area (Å²) in [6.45, 7) is 3.87. The molecule has 1 atom stereocenters. The number of piperidine rings is 1. The van der Waals surface area contributed by atoms with Crippen LogP contribution >= 0.6 is 11.8 Å². The monoisotopic (exact) mass is 398 g/mol. The molecule has 28 heavy (non-hydrogen) atoms. The lowest BCUT2D eigenvalue weighted by atomic mass is 9.96. The number of hydrogen-bond donors (Lipinski definition) is 0. The van der Waals surface area contributed by atoms with Crippen molar-refractivity contribution in [3.8, 4) is 0 Å². The lowest BCUT2D eigenvalue weighted by Gasteiger charge is -2.36. The molecule has 2 heterocycles. The molecule has 2 amide bonds. The lowest BCUT2D eigenvalue weighted by molar-refractivity contribution is -0.143. The van der Waals surface area contributed by atoms with Crippen LogP contribution in [0.5, 0.6) is 0 Å². The van der Waals surface area contributed by atoms with Gasteiger partial charge in [-0.25, -0.2) is 0 Å². The SMILES string of the molecule is O=C(CSc1ccc2ccccc2c1)N1CCCC(C(=O)N2CCOCC2)C1. The number of fused-ring (bicyclic) bond motifs is 1. The molecule has 0 radical (unpaired) electrons. The maximum absolute atomic E-state index is 12.8. The summed E-state index contributed by atoms with van der Waals surface area (Å²) in [7, 11) is 0. The van der Waals surface area contributed by atoms with Crippen LogP contribution in [0.2, 0.25) is 0 Å². The van der Waals surface area contributed by atoms with Gasteiger partial charge in [-0.2, -0.15) is 0 Å². The molecule has 0 bridgehead atoms. The Bertz CT molecular complexity index is 851. The molecule has 0 aromatic heterocycles. The molecule has 2 fully saturated rings. The molecule has 148 valence electrons. The minimum Gasteiger partial charge on any atom is -0.378 e. The first-order chi connectivity index (χ1) is 13.7. The Labute approximate surface area is 170 Å².